The van der Waals surface area contributed by atoms with Crippen molar-refractivity contribution in [2.24, 2.45) is 0 Å². The minimum Gasteiger partial charge on any atom is -0.456 e. The van der Waals surface area contributed by atoms with Crippen molar-refractivity contribution in [3.8, 4) is 22.3 Å². The van der Waals surface area contributed by atoms with E-state index < -0.39 is 7.14 Å². The highest BCUT2D eigenvalue weighted by molar-refractivity contribution is 7.85. The normalized spacial score (nSPS) is 12.1. The molecule has 10 aromatic carbocycles. The third-order valence-electron chi connectivity index (χ3n) is 11.3. The summed E-state index contributed by atoms with van der Waals surface area (Å²) in [5, 5.41) is 14.2. The Kier molecular flexibility index (Phi) is 7.17. The van der Waals surface area contributed by atoms with Crippen LogP contribution >= 0.6 is 7.14 Å². The van der Waals surface area contributed by atoms with Gasteiger partial charge in [0.25, 0.3) is 0 Å². The van der Waals surface area contributed by atoms with E-state index in [9.17, 15) is 0 Å². The fraction of sp³-hybridized carbons (Fsp3) is 0. The maximum absolute atomic E-state index is 15.5. The lowest BCUT2D eigenvalue weighted by Gasteiger charge is -2.21. The van der Waals surface area contributed by atoms with Crippen molar-refractivity contribution in [1.82, 2.24) is 0 Å². The smallest absolute Gasteiger partial charge is 0.171 e. The van der Waals surface area contributed by atoms with Crippen molar-refractivity contribution in [1.29, 1.82) is 0 Å². The summed E-state index contributed by atoms with van der Waals surface area (Å²) >= 11 is 0. The number of hydrogen-bond acceptors (Lipinski definition) is 2. The Hall–Kier alpha value is -6.73. The fourth-order valence-electron chi connectivity index (χ4n) is 8.89. The maximum Gasteiger partial charge on any atom is 0.171 e. The molecule has 0 unspecified atom stereocenters. The highest BCUT2D eigenvalue weighted by Crippen LogP contribution is 2.50. The summed E-state index contributed by atoms with van der Waals surface area (Å²) in [7, 11) is -3.20. The Bertz CT molecular complexity index is 3290. The molecule has 0 atom stereocenters. The van der Waals surface area contributed by atoms with E-state index in [0.29, 0.717) is 0 Å². The van der Waals surface area contributed by atoms with Gasteiger partial charge in [0.15, 0.2) is 7.14 Å². The van der Waals surface area contributed by atoms with E-state index >= 15 is 4.57 Å². The van der Waals surface area contributed by atoms with Gasteiger partial charge in [0, 0.05) is 26.7 Å². The van der Waals surface area contributed by atoms with E-state index in [1.807, 2.05) is 72.8 Å². The lowest BCUT2D eigenvalue weighted by molar-refractivity contribution is 0.592. The van der Waals surface area contributed by atoms with E-state index in [-0.39, 0.29) is 0 Å². The van der Waals surface area contributed by atoms with Crippen molar-refractivity contribution in [3.05, 3.63) is 200 Å². The number of fused-ring (bicyclic) bond motifs is 10. The van der Waals surface area contributed by atoms with Crippen LogP contribution in [0.1, 0.15) is 0 Å². The first-order valence-corrected chi connectivity index (χ1v) is 20.4. The Morgan fingerprint density at radius 1 is 0.309 bits per heavy atom. The van der Waals surface area contributed by atoms with Crippen LogP contribution < -0.4 is 15.9 Å². The van der Waals surface area contributed by atoms with Crippen molar-refractivity contribution < 1.29 is 8.98 Å². The molecule has 0 amide bonds. The van der Waals surface area contributed by atoms with Gasteiger partial charge in [-0.05, 0) is 95.7 Å². The topological polar surface area (TPSA) is 30.2 Å². The summed E-state index contributed by atoms with van der Waals surface area (Å²) in [5.41, 5.74) is 6.31. The molecule has 2 nitrogen and oxygen atoms in total. The van der Waals surface area contributed by atoms with Gasteiger partial charge in [-0.1, -0.05) is 170 Å². The van der Waals surface area contributed by atoms with E-state index in [0.717, 1.165) is 43.4 Å². The van der Waals surface area contributed by atoms with Crippen LogP contribution in [0.5, 0.6) is 0 Å². The molecule has 0 aliphatic carbocycles. The molecule has 11 aromatic rings. The molecule has 0 radical (unpaired) electrons. The molecule has 3 heteroatoms. The number of rotatable bonds is 5. The molecule has 55 heavy (non-hydrogen) atoms. The first-order valence-electron chi connectivity index (χ1n) is 18.7. The summed E-state index contributed by atoms with van der Waals surface area (Å²) in [6, 6.07) is 69.7. The highest BCUT2D eigenvalue weighted by Gasteiger charge is 2.30. The second kappa shape index (κ2) is 12.4. The highest BCUT2D eigenvalue weighted by atomic mass is 31.2. The molecule has 1 heterocycles. The summed E-state index contributed by atoms with van der Waals surface area (Å²) < 4.78 is 22.0. The van der Waals surface area contributed by atoms with E-state index in [1.165, 1.54) is 59.8 Å². The molecular weight excluding hydrogens is 688 g/mol. The Morgan fingerprint density at radius 3 is 1.27 bits per heavy atom. The van der Waals surface area contributed by atoms with Gasteiger partial charge >= 0.3 is 0 Å². The summed E-state index contributed by atoms with van der Waals surface area (Å²) in [6.07, 6.45) is 0. The minimum absolute atomic E-state index is 0.772. The molecule has 0 aliphatic heterocycles. The van der Waals surface area contributed by atoms with Crippen molar-refractivity contribution in [2.75, 3.05) is 0 Å². The van der Waals surface area contributed by atoms with Crippen molar-refractivity contribution in [3.63, 3.8) is 0 Å². The van der Waals surface area contributed by atoms with Crippen LogP contribution in [0.3, 0.4) is 0 Å². The molecule has 1 aromatic heterocycles. The molecule has 0 N–H and O–H groups in total. The zero-order valence-corrected chi connectivity index (χ0v) is 30.7. The van der Waals surface area contributed by atoms with Gasteiger partial charge in [-0.3, -0.25) is 0 Å². The average molecular weight is 721 g/mol. The van der Waals surface area contributed by atoms with Crippen LogP contribution in [0.25, 0.3) is 87.3 Å². The van der Waals surface area contributed by atoms with Gasteiger partial charge in [-0.15, -0.1) is 0 Å². The molecule has 0 spiro atoms. The lowest BCUT2D eigenvalue weighted by atomic mass is 9.81. The van der Waals surface area contributed by atoms with E-state index in [1.54, 1.807) is 0 Å². The van der Waals surface area contributed by atoms with Crippen LogP contribution in [0.2, 0.25) is 0 Å². The SMILES string of the molecule is O=P(c1ccccc1)(c1ccccc1)c1ccc2oc3ccc(-c4c5ccccc5c(-c5ccccc5)c5c6ccccc6c6ccccc6c45)cc3c2c1. The lowest BCUT2D eigenvalue weighted by Crippen LogP contribution is -2.24. The Balaban J connectivity index is 1.25. The van der Waals surface area contributed by atoms with Gasteiger partial charge < -0.3 is 8.98 Å². The Morgan fingerprint density at radius 2 is 0.727 bits per heavy atom. The quantitative estimate of drug-likeness (QED) is 0.101. The maximum atomic E-state index is 15.5. The van der Waals surface area contributed by atoms with Crippen molar-refractivity contribution in [2.45, 2.75) is 0 Å². The molecule has 11 rings (SSSR count). The molecule has 0 saturated carbocycles. The first kappa shape index (κ1) is 31.8. The third-order valence-corrected chi connectivity index (χ3v) is 14.4. The van der Waals surface area contributed by atoms with Gasteiger partial charge in [-0.25, -0.2) is 0 Å². The predicted molar refractivity (Wildman–Crippen MR) is 234 cm³/mol. The zero-order chi connectivity index (χ0) is 36.5. The van der Waals surface area contributed by atoms with E-state index in [2.05, 4.69) is 127 Å². The molecule has 0 fully saturated rings. The number of benzene rings is 10. The van der Waals surface area contributed by atoms with Crippen LogP contribution in [0.15, 0.2) is 205 Å². The summed E-state index contributed by atoms with van der Waals surface area (Å²) in [5.74, 6) is 0. The predicted octanol–water partition coefficient (Wildman–Crippen LogP) is 13.2. The minimum atomic E-state index is -3.20. The number of furan rings is 1. The fourth-order valence-corrected chi connectivity index (χ4v) is 11.6. The van der Waals surface area contributed by atoms with Crippen molar-refractivity contribution >= 4 is 88.1 Å². The molecule has 258 valence electrons. The monoisotopic (exact) mass is 720 g/mol. The largest absolute Gasteiger partial charge is 0.456 e. The van der Waals surface area contributed by atoms with Gasteiger partial charge in [-0.2, -0.15) is 0 Å². The second-order valence-corrected chi connectivity index (χ2v) is 17.0. The van der Waals surface area contributed by atoms with Crippen LogP contribution in [0.4, 0.5) is 0 Å². The second-order valence-electron chi connectivity index (χ2n) is 14.3. The Labute approximate surface area is 318 Å². The van der Waals surface area contributed by atoms with Gasteiger partial charge in [0.05, 0.1) is 0 Å². The zero-order valence-electron chi connectivity index (χ0n) is 29.8. The molecule has 0 aliphatic rings. The summed E-state index contributed by atoms with van der Waals surface area (Å²) in [6.45, 7) is 0. The molecule has 0 bridgehead atoms. The van der Waals surface area contributed by atoms with Gasteiger partial charge in [0.2, 0.25) is 0 Å². The average Bonchev–Trinajstić information content (AvgIpc) is 3.63. The first-order chi connectivity index (χ1) is 27.2. The summed E-state index contributed by atoms with van der Waals surface area (Å²) in [4.78, 5) is 0. The molecule has 0 saturated heterocycles. The molecular formula is C52H33O2P. The van der Waals surface area contributed by atoms with Crippen LogP contribution in [-0.4, -0.2) is 0 Å². The standard InChI is InChI=1S/C52H33O2P/c53-55(36-18-6-2-7-19-36,37-20-8-3-9-21-37)38-29-31-48-46(33-38)45-32-35(28-30-47(45)54-48)50-44-27-15-14-26-43(44)49(34-16-4-1-5-17-34)51-41-24-12-10-22-39(41)40-23-11-13-25-42(40)52(50)51/h1-33H. The van der Waals surface area contributed by atoms with Crippen LogP contribution in [0, 0.1) is 0 Å². The van der Waals surface area contributed by atoms with E-state index in [4.69, 9.17) is 4.42 Å². The third kappa shape index (κ3) is 4.79. The van der Waals surface area contributed by atoms with Crippen LogP contribution in [-0.2, 0) is 4.57 Å². The number of hydrogen-bond donors (Lipinski definition) is 0. The van der Waals surface area contributed by atoms with Gasteiger partial charge in [0.1, 0.15) is 11.2 Å².